The molecule has 0 aromatic heterocycles. The van der Waals surface area contributed by atoms with E-state index in [2.05, 4.69) is 24.1 Å². The van der Waals surface area contributed by atoms with Gasteiger partial charge in [-0.15, -0.1) is 0 Å². The molecule has 1 aliphatic heterocycles. The molecule has 4 nitrogen and oxygen atoms in total. The third-order valence-electron chi connectivity index (χ3n) is 3.39. The van der Waals surface area contributed by atoms with Crippen molar-refractivity contribution in [3.8, 4) is 0 Å². The number of nitrogens with zero attached hydrogens (tertiary/aromatic N) is 1. The van der Waals surface area contributed by atoms with Gasteiger partial charge in [-0.05, 0) is 26.3 Å². The molecule has 0 aromatic carbocycles. The molecular formula is C13H28N2O2. The highest BCUT2D eigenvalue weighted by molar-refractivity contribution is 4.76. The van der Waals surface area contributed by atoms with Crippen LogP contribution in [-0.4, -0.2) is 63.5 Å². The Bertz CT molecular complexity index is 190. The first kappa shape index (κ1) is 14.9. The van der Waals surface area contributed by atoms with Crippen LogP contribution in [0.3, 0.4) is 0 Å². The van der Waals surface area contributed by atoms with Crippen LogP contribution in [0.15, 0.2) is 0 Å². The van der Waals surface area contributed by atoms with Gasteiger partial charge in [-0.25, -0.2) is 0 Å². The maximum Gasteiger partial charge on any atom is 0.0700 e. The Morgan fingerprint density at radius 1 is 1.53 bits per heavy atom. The van der Waals surface area contributed by atoms with Gasteiger partial charge in [-0.1, -0.05) is 6.92 Å². The molecule has 0 amide bonds. The predicted molar refractivity (Wildman–Crippen MR) is 70.4 cm³/mol. The van der Waals surface area contributed by atoms with E-state index in [4.69, 9.17) is 9.47 Å². The van der Waals surface area contributed by atoms with Crippen LogP contribution < -0.4 is 5.32 Å². The number of hydrogen-bond donors (Lipinski definition) is 1. The van der Waals surface area contributed by atoms with E-state index in [0.717, 1.165) is 52.2 Å². The molecule has 17 heavy (non-hydrogen) atoms. The van der Waals surface area contributed by atoms with Gasteiger partial charge in [0.1, 0.15) is 0 Å². The first-order valence-corrected chi connectivity index (χ1v) is 6.83. The van der Waals surface area contributed by atoms with Crippen LogP contribution >= 0.6 is 0 Å². The van der Waals surface area contributed by atoms with Crippen molar-refractivity contribution in [2.24, 2.45) is 0 Å². The number of morpholine rings is 1. The molecule has 1 aliphatic rings. The molecule has 1 fully saturated rings. The Morgan fingerprint density at radius 2 is 2.35 bits per heavy atom. The second kappa shape index (κ2) is 8.86. The molecule has 1 N–H and O–H groups in total. The average molecular weight is 244 g/mol. The largest absolute Gasteiger partial charge is 0.385 e. The minimum absolute atomic E-state index is 0.430. The molecule has 2 unspecified atom stereocenters. The summed E-state index contributed by atoms with van der Waals surface area (Å²) < 4.78 is 10.7. The second-order valence-electron chi connectivity index (χ2n) is 4.80. The summed E-state index contributed by atoms with van der Waals surface area (Å²) in [6, 6.07) is 0.593. The zero-order valence-electron chi connectivity index (χ0n) is 11.6. The van der Waals surface area contributed by atoms with Crippen LogP contribution in [0.4, 0.5) is 0 Å². The maximum atomic E-state index is 5.69. The van der Waals surface area contributed by atoms with Crippen molar-refractivity contribution in [3.05, 3.63) is 0 Å². The summed E-state index contributed by atoms with van der Waals surface area (Å²) in [6.45, 7) is 10.5. The fraction of sp³-hybridized carbons (Fsp3) is 1.00. The van der Waals surface area contributed by atoms with Gasteiger partial charge in [0, 0.05) is 39.4 Å². The van der Waals surface area contributed by atoms with Crippen LogP contribution in [0, 0.1) is 0 Å². The van der Waals surface area contributed by atoms with Gasteiger partial charge >= 0.3 is 0 Å². The van der Waals surface area contributed by atoms with Crippen molar-refractivity contribution in [1.29, 1.82) is 0 Å². The minimum atomic E-state index is 0.430. The molecule has 1 saturated heterocycles. The molecule has 0 spiro atoms. The average Bonchev–Trinajstić information content (AvgIpc) is 2.38. The fourth-order valence-corrected chi connectivity index (χ4v) is 2.17. The van der Waals surface area contributed by atoms with Gasteiger partial charge in [0.25, 0.3) is 0 Å². The van der Waals surface area contributed by atoms with E-state index in [1.165, 1.54) is 0 Å². The van der Waals surface area contributed by atoms with E-state index in [0.29, 0.717) is 12.1 Å². The third kappa shape index (κ3) is 5.82. The Hall–Kier alpha value is -0.160. The van der Waals surface area contributed by atoms with Gasteiger partial charge < -0.3 is 14.8 Å². The van der Waals surface area contributed by atoms with E-state index in [-0.39, 0.29) is 0 Å². The molecule has 0 radical (unpaired) electrons. The predicted octanol–water partition coefficient (Wildman–Crippen LogP) is 1.11. The molecule has 0 aromatic rings. The fourth-order valence-electron chi connectivity index (χ4n) is 2.17. The summed E-state index contributed by atoms with van der Waals surface area (Å²) in [4.78, 5) is 2.53. The lowest BCUT2D eigenvalue weighted by Gasteiger charge is -2.36. The van der Waals surface area contributed by atoms with Crippen molar-refractivity contribution >= 4 is 0 Å². The zero-order valence-corrected chi connectivity index (χ0v) is 11.6. The molecular weight excluding hydrogens is 216 g/mol. The number of ether oxygens (including phenoxy) is 2. The van der Waals surface area contributed by atoms with E-state index in [1.807, 2.05) is 0 Å². The third-order valence-corrected chi connectivity index (χ3v) is 3.39. The van der Waals surface area contributed by atoms with Crippen LogP contribution in [0.25, 0.3) is 0 Å². The van der Waals surface area contributed by atoms with Gasteiger partial charge in [-0.2, -0.15) is 0 Å². The standard InChI is InChI=1S/C13H28N2O2/c1-4-13-11-15(7-9-17-13)12(2)10-14-6-5-8-16-3/h12-14H,4-11H2,1-3H3. The lowest BCUT2D eigenvalue weighted by atomic mass is 10.2. The number of methoxy groups -OCH3 is 1. The molecule has 1 rings (SSSR count). The highest BCUT2D eigenvalue weighted by Gasteiger charge is 2.22. The Kier molecular flexibility index (Phi) is 7.77. The van der Waals surface area contributed by atoms with E-state index >= 15 is 0 Å². The first-order valence-electron chi connectivity index (χ1n) is 6.83. The number of rotatable bonds is 8. The van der Waals surface area contributed by atoms with E-state index < -0.39 is 0 Å². The molecule has 0 aliphatic carbocycles. The number of hydrogen-bond acceptors (Lipinski definition) is 4. The highest BCUT2D eigenvalue weighted by Crippen LogP contribution is 2.10. The molecule has 1 heterocycles. The monoisotopic (exact) mass is 244 g/mol. The van der Waals surface area contributed by atoms with Crippen LogP contribution in [0.1, 0.15) is 26.7 Å². The normalized spacial score (nSPS) is 23.8. The molecule has 102 valence electrons. The van der Waals surface area contributed by atoms with Crippen molar-refractivity contribution in [3.63, 3.8) is 0 Å². The number of nitrogens with one attached hydrogen (secondary N) is 1. The SMILES string of the molecule is CCC1CN(C(C)CNCCCOC)CCO1. The first-order chi connectivity index (χ1) is 8.27. The molecule has 2 atom stereocenters. The Balaban J connectivity index is 2.11. The molecule has 0 bridgehead atoms. The van der Waals surface area contributed by atoms with Gasteiger partial charge in [0.05, 0.1) is 12.7 Å². The van der Waals surface area contributed by atoms with E-state index in [9.17, 15) is 0 Å². The van der Waals surface area contributed by atoms with Crippen molar-refractivity contribution in [2.45, 2.75) is 38.8 Å². The van der Waals surface area contributed by atoms with E-state index in [1.54, 1.807) is 7.11 Å². The van der Waals surface area contributed by atoms with Crippen LogP contribution in [0.2, 0.25) is 0 Å². The van der Waals surface area contributed by atoms with Gasteiger partial charge in [-0.3, -0.25) is 4.90 Å². The molecule has 0 saturated carbocycles. The summed E-state index contributed by atoms with van der Waals surface area (Å²) in [5, 5.41) is 3.49. The minimum Gasteiger partial charge on any atom is -0.385 e. The van der Waals surface area contributed by atoms with Crippen molar-refractivity contribution < 1.29 is 9.47 Å². The highest BCUT2D eigenvalue weighted by atomic mass is 16.5. The second-order valence-corrected chi connectivity index (χ2v) is 4.80. The molecule has 4 heteroatoms. The smallest absolute Gasteiger partial charge is 0.0700 e. The Labute approximate surface area is 106 Å². The topological polar surface area (TPSA) is 33.7 Å². The van der Waals surface area contributed by atoms with Crippen molar-refractivity contribution in [2.75, 3.05) is 46.5 Å². The van der Waals surface area contributed by atoms with Gasteiger partial charge in [0.15, 0.2) is 0 Å². The van der Waals surface area contributed by atoms with Crippen LogP contribution in [0.5, 0.6) is 0 Å². The van der Waals surface area contributed by atoms with Crippen molar-refractivity contribution in [1.82, 2.24) is 10.2 Å². The summed E-state index contributed by atoms with van der Waals surface area (Å²) >= 11 is 0. The Morgan fingerprint density at radius 3 is 3.06 bits per heavy atom. The lowest BCUT2D eigenvalue weighted by Crippen LogP contribution is -2.49. The maximum absolute atomic E-state index is 5.69. The summed E-state index contributed by atoms with van der Waals surface area (Å²) in [5.41, 5.74) is 0. The lowest BCUT2D eigenvalue weighted by molar-refractivity contribution is -0.0416. The quantitative estimate of drug-likeness (QED) is 0.649. The summed E-state index contributed by atoms with van der Waals surface area (Å²) in [5.74, 6) is 0. The zero-order chi connectivity index (χ0) is 12.5. The van der Waals surface area contributed by atoms with Gasteiger partial charge in [0.2, 0.25) is 0 Å². The summed E-state index contributed by atoms with van der Waals surface area (Å²) in [7, 11) is 1.75. The summed E-state index contributed by atoms with van der Waals surface area (Å²) in [6.07, 6.45) is 2.63. The van der Waals surface area contributed by atoms with Crippen LogP contribution in [-0.2, 0) is 9.47 Å².